The molecule has 0 aliphatic rings. The fraction of sp³-hybridized carbons (Fsp3) is 0.125. The number of hydrogen-bond donors (Lipinski definition) is 1. The van der Waals surface area contributed by atoms with Gasteiger partial charge in [-0.1, -0.05) is 24.3 Å². The molecule has 2 N–H and O–H groups in total. The highest BCUT2D eigenvalue weighted by Gasteiger charge is 2.06. The molecule has 2 aromatic carbocycles. The Bertz CT molecular complexity index is 765. The molecule has 3 nitrogen and oxygen atoms in total. The standard InChI is InChI=1S/C16H13N2O/c17-16-12-5-1-2-6-14(12)18-15-8-7-11(4-3-9-19)10-13(15)16/h1-2,5-8,10H,3-4H2,(H2,17,18). The molecular weight excluding hydrogens is 236 g/mol. The van der Waals surface area contributed by atoms with Gasteiger partial charge in [0.2, 0.25) is 0 Å². The number of benzene rings is 2. The lowest BCUT2D eigenvalue weighted by molar-refractivity contribution is 0.551. The highest BCUT2D eigenvalue weighted by atomic mass is 16.1. The molecule has 0 spiro atoms. The molecular formula is C16H13N2O. The molecule has 0 saturated carbocycles. The summed E-state index contributed by atoms with van der Waals surface area (Å²) in [5.41, 5.74) is 9.85. The summed E-state index contributed by atoms with van der Waals surface area (Å²) in [5, 5.41) is 1.91. The number of para-hydroxylation sites is 1. The number of nitrogens with zero attached hydrogens (tertiary/aromatic N) is 1. The van der Waals surface area contributed by atoms with E-state index in [2.05, 4.69) is 4.98 Å². The molecule has 93 valence electrons. The van der Waals surface area contributed by atoms with E-state index in [1.807, 2.05) is 48.8 Å². The van der Waals surface area contributed by atoms with Gasteiger partial charge in [0.1, 0.15) is 0 Å². The van der Waals surface area contributed by atoms with Crippen LogP contribution in [0.5, 0.6) is 0 Å². The van der Waals surface area contributed by atoms with Crippen molar-refractivity contribution in [3.05, 3.63) is 48.0 Å². The molecule has 0 aliphatic heterocycles. The molecule has 0 amide bonds. The van der Waals surface area contributed by atoms with E-state index in [4.69, 9.17) is 5.73 Å². The van der Waals surface area contributed by atoms with Crippen LogP contribution < -0.4 is 5.73 Å². The topological polar surface area (TPSA) is 56.0 Å². The molecule has 0 unspecified atom stereocenters. The highest BCUT2D eigenvalue weighted by Crippen LogP contribution is 2.28. The number of hydrogen-bond acceptors (Lipinski definition) is 3. The average molecular weight is 249 g/mol. The van der Waals surface area contributed by atoms with E-state index in [1.54, 1.807) is 0 Å². The molecule has 1 radical (unpaired) electrons. The van der Waals surface area contributed by atoms with Crippen molar-refractivity contribution in [2.75, 3.05) is 5.73 Å². The first-order valence-electron chi connectivity index (χ1n) is 6.21. The van der Waals surface area contributed by atoms with Crippen molar-refractivity contribution < 1.29 is 4.79 Å². The van der Waals surface area contributed by atoms with Crippen LogP contribution in [0.3, 0.4) is 0 Å². The number of nitrogen functional groups attached to an aromatic ring is 1. The summed E-state index contributed by atoms with van der Waals surface area (Å²) >= 11 is 0. The molecule has 3 heteroatoms. The quantitative estimate of drug-likeness (QED) is 0.726. The van der Waals surface area contributed by atoms with Gasteiger partial charge in [0.15, 0.2) is 6.29 Å². The van der Waals surface area contributed by atoms with Crippen molar-refractivity contribution in [1.82, 2.24) is 4.98 Å². The molecule has 3 aromatic rings. The van der Waals surface area contributed by atoms with Gasteiger partial charge in [-0.15, -0.1) is 0 Å². The van der Waals surface area contributed by atoms with Crippen LogP contribution in [0.15, 0.2) is 42.5 Å². The van der Waals surface area contributed by atoms with Crippen molar-refractivity contribution in [1.29, 1.82) is 0 Å². The third-order valence-corrected chi connectivity index (χ3v) is 3.30. The Kier molecular flexibility index (Phi) is 2.88. The second-order valence-corrected chi connectivity index (χ2v) is 4.54. The molecule has 19 heavy (non-hydrogen) atoms. The molecule has 1 aromatic heterocycles. The van der Waals surface area contributed by atoms with Crippen molar-refractivity contribution in [2.45, 2.75) is 12.8 Å². The van der Waals surface area contributed by atoms with Gasteiger partial charge in [0, 0.05) is 17.2 Å². The number of rotatable bonds is 3. The molecule has 0 fully saturated rings. The third kappa shape index (κ3) is 2.03. The lowest BCUT2D eigenvalue weighted by Crippen LogP contribution is -1.94. The number of pyridine rings is 1. The minimum absolute atomic E-state index is 0.409. The van der Waals surface area contributed by atoms with Crippen molar-refractivity contribution in [2.24, 2.45) is 0 Å². The summed E-state index contributed by atoms with van der Waals surface area (Å²) in [5.74, 6) is 0. The minimum atomic E-state index is 0.409. The fourth-order valence-electron chi connectivity index (χ4n) is 2.32. The van der Waals surface area contributed by atoms with Crippen LogP contribution in [0.1, 0.15) is 12.0 Å². The fourth-order valence-corrected chi connectivity index (χ4v) is 2.32. The number of nitrogens with two attached hydrogens (primary N) is 1. The SMILES string of the molecule is Nc1c2ccccc2nc2ccc(CC[C]=O)cc12. The Morgan fingerprint density at radius 2 is 1.84 bits per heavy atom. The van der Waals surface area contributed by atoms with E-state index in [0.29, 0.717) is 12.8 Å². The Morgan fingerprint density at radius 3 is 2.68 bits per heavy atom. The summed E-state index contributed by atoms with van der Waals surface area (Å²) in [6.45, 7) is 0. The smallest absolute Gasteiger partial charge is 0.198 e. The highest BCUT2D eigenvalue weighted by molar-refractivity contribution is 6.06. The molecule has 0 bridgehead atoms. The number of aryl methyl sites for hydroxylation is 1. The van der Waals surface area contributed by atoms with E-state index >= 15 is 0 Å². The first kappa shape index (κ1) is 11.7. The molecule has 3 rings (SSSR count). The number of carbonyl (C=O) groups excluding carboxylic acids is 1. The van der Waals surface area contributed by atoms with Gasteiger partial charge in [-0.2, -0.15) is 0 Å². The van der Waals surface area contributed by atoms with Crippen molar-refractivity contribution in [3.8, 4) is 0 Å². The zero-order valence-corrected chi connectivity index (χ0v) is 10.4. The van der Waals surface area contributed by atoms with Gasteiger partial charge in [0.25, 0.3) is 0 Å². The van der Waals surface area contributed by atoms with E-state index in [0.717, 1.165) is 33.1 Å². The van der Waals surface area contributed by atoms with E-state index in [1.165, 1.54) is 0 Å². The predicted octanol–water partition coefficient (Wildman–Crippen LogP) is 3.01. The van der Waals surface area contributed by atoms with Gasteiger partial charge in [0.05, 0.1) is 16.7 Å². The van der Waals surface area contributed by atoms with E-state index in [-0.39, 0.29) is 0 Å². The first-order valence-corrected chi connectivity index (χ1v) is 6.21. The maximum absolute atomic E-state index is 10.3. The Hall–Kier alpha value is -2.42. The normalized spacial score (nSPS) is 10.9. The summed E-state index contributed by atoms with van der Waals surface area (Å²) in [7, 11) is 0. The summed E-state index contributed by atoms with van der Waals surface area (Å²) in [6.07, 6.45) is 3.01. The molecule has 0 saturated heterocycles. The zero-order valence-electron chi connectivity index (χ0n) is 10.4. The summed E-state index contributed by atoms with van der Waals surface area (Å²) < 4.78 is 0. The first-order chi connectivity index (χ1) is 9.29. The lowest BCUT2D eigenvalue weighted by atomic mass is 10.0. The van der Waals surface area contributed by atoms with Gasteiger partial charge in [-0.3, -0.25) is 4.79 Å². The van der Waals surface area contributed by atoms with Crippen LogP contribution in [0, 0.1) is 0 Å². The van der Waals surface area contributed by atoms with Crippen LogP contribution in [0.25, 0.3) is 21.8 Å². The zero-order chi connectivity index (χ0) is 13.2. The summed E-state index contributed by atoms with van der Waals surface area (Å²) in [6, 6.07) is 13.8. The van der Waals surface area contributed by atoms with Crippen LogP contribution in [-0.2, 0) is 11.2 Å². The summed E-state index contributed by atoms with van der Waals surface area (Å²) in [4.78, 5) is 14.9. The Morgan fingerprint density at radius 1 is 1.05 bits per heavy atom. The molecule has 1 heterocycles. The van der Waals surface area contributed by atoms with Crippen LogP contribution in [0.4, 0.5) is 5.69 Å². The van der Waals surface area contributed by atoms with Gasteiger partial charge in [-0.25, -0.2) is 4.98 Å². The predicted molar refractivity (Wildman–Crippen MR) is 77.7 cm³/mol. The molecule has 0 atom stereocenters. The maximum atomic E-state index is 10.3. The third-order valence-electron chi connectivity index (χ3n) is 3.30. The van der Waals surface area contributed by atoms with Crippen LogP contribution in [0.2, 0.25) is 0 Å². The Balaban J connectivity index is 2.24. The van der Waals surface area contributed by atoms with Crippen molar-refractivity contribution >= 4 is 33.8 Å². The minimum Gasteiger partial charge on any atom is -0.398 e. The largest absolute Gasteiger partial charge is 0.398 e. The van der Waals surface area contributed by atoms with Gasteiger partial charge < -0.3 is 5.73 Å². The van der Waals surface area contributed by atoms with Crippen molar-refractivity contribution in [3.63, 3.8) is 0 Å². The van der Waals surface area contributed by atoms with Gasteiger partial charge in [-0.05, 0) is 30.2 Å². The Labute approximate surface area is 111 Å². The maximum Gasteiger partial charge on any atom is 0.198 e. The number of fused-ring (bicyclic) bond motifs is 2. The van der Waals surface area contributed by atoms with E-state index < -0.39 is 0 Å². The van der Waals surface area contributed by atoms with Crippen LogP contribution in [-0.4, -0.2) is 11.3 Å². The monoisotopic (exact) mass is 249 g/mol. The molecule has 0 aliphatic carbocycles. The van der Waals surface area contributed by atoms with Gasteiger partial charge >= 0.3 is 0 Å². The van der Waals surface area contributed by atoms with Crippen LogP contribution >= 0.6 is 0 Å². The second-order valence-electron chi connectivity index (χ2n) is 4.54. The lowest BCUT2D eigenvalue weighted by Gasteiger charge is -2.08. The number of aromatic nitrogens is 1. The average Bonchev–Trinajstić information content (AvgIpc) is 2.46. The number of anilines is 1. The van der Waals surface area contributed by atoms with E-state index in [9.17, 15) is 4.79 Å². The second kappa shape index (κ2) is 4.69.